The Hall–Kier alpha value is -1.85. The van der Waals surface area contributed by atoms with E-state index in [9.17, 15) is 4.79 Å². The van der Waals surface area contributed by atoms with Gasteiger partial charge < -0.3 is 14.8 Å². The lowest BCUT2D eigenvalue weighted by Gasteiger charge is -2.17. The molecule has 5 heteroatoms. The van der Waals surface area contributed by atoms with Gasteiger partial charge in [0.2, 0.25) is 0 Å². The van der Waals surface area contributed by atoms with Crippen LogP contribution in [0.15, 0.2) is 41.1 Å². The van der Waals surface area contributed by atoms with Gasteiger partial charge in [-0.05, 0) is 29.1 Å². The van der Waals surface area contributed by atoms with Crippen molar-refractivity contribution >= 4 is 17.2 Å². The standard InChI is InChI=1S/C15H17NO3S/c1-18-13-5-3-4-11(8-13)14(19-2)9-16-15(17)12-6-7-20-10-12/h3-8,10,14H,9H2,1-2H3,(H,16,17)/t14-/m0/s1. The summed E-state index contributed by atoms with van der Waals surface area (Å²) in [5, 5.41) is 6.58. The number of rotatable bonds is 6. The molecule has 0 aliphatic heterocycles. The van der Waals surface area contributed by atoms with Crippen molar-refractivity contribution in [2.45, 2.75) is 6.10 Å². The molecule has 2 aromatic rings. The van der Waals surface area contributed by atoms with Gasteiger partial charge in [-0.2, -0.15) is 11.3 Å². The van der Waals surface area contributed by atoms with Gasteiger partial charge in [-0.3, -0.25) is 4.79 Å². The van der Waals surface area contributed by atoms with Gasteiger partial charge in [0.15, 0.2) is 0 Å². The number of methoxy groups -OCH3 is 2. The van der Waals surface area contributed by atoms with Crippen molar-refractivity contribution in [1.29, 1.82) is 0 Å². The van der Waals surface area contributed by atoms with Crippen molar-refractivity contribution in [2.24, 2.45) is 0 Å². The lowest BCUT2D eigenvalue weighted by molar-refractivity contribution is 0.0827. The third-order valence-corrected chi connectivity index (χ3v) is 3.66. The molecule has 1 aromatic carbocycles. The Morgan fingerprint density at radius 2 is 2.20 bits per heavy atom. The first-order valence-corrected chi connectivity index (χ1v) is 7.16. The highest BCUT2D eigenvalue weighted by Crippen LogP contribution is 2.21. The van der Waals surface area contributed by atoms with Gasteiger partial charge in [-0.25, -0.2) is 0 Å². The zero-order valence-electron chi connectivity index (χ0n) is 11.5. The summed E-state index contributed by atoms with van der Waals surface area (Å²) in [6.45, 7) is 0.415. The summed E-state index contributed by atoms with van der Waals surface area (Å²) in [6, 6.07) is 9.44. The average molecular weight is 291 g/mol. The number of amides is 1. The van der Waals surface area contributed by atoms with E-state index in [0.717, 1.165) is 11.3 Å². The van der Waals surface area contributed by atoms with Crippen molar-refractivity contribution in [3.63, 3.8) is 0 Å². The molecule has 0 aliphatic rings. The van der Waals surface area contributed by atoms with E-state index in [2.05, 4.69) is 5.32 Å². The Morgan fingerprint density at radius 1 is 1.35 bits per heavy atom. The van der Waals surface area contributed by atoms with E-state index in [1.165, 1.54) is 11.3 Å². The molecule has 2 rings (SSSR count). The number of hydrogen-bond donors (Lipinski definition) is 1. The molecule has 1 atom stereocenters. The smallest absolute Gasteiger partial charge is 0.252 e. The van der Waals surface area contributed by atoms with Gasteiger partial charge in [-0.1, -0.05) is 12.1 Å². The SMILES string of the molecule is COc1cccc([C@H](CNC(=O)c2ccsc2)OC)c1. The summed E-state index contributed by atoms with van der Waals surface area (Å²) >= 11 is 1.50. The van der Waals surface area contributed by atoms with Crippen molar-refractivity contribution in [3.8, 4) is 5.75 Å². The van der Waals surface area contributed by atoms with Crippen LogP contribution in [0.3, 0.4) is 0 Å². The topological polar surface area (TPSA) is 47.6 Å². The van der Waals surface area contributed by atoms with E-state index in [4.69, 9.17) is 9.47 Å². The number of hydrogen-bond acceptors (Lipinski definition) is 4. The second-order valence-electron chi connectivity index (χ2n) is 4.22. The van der Waals surface area contributed by atoms with Crippen LogP contribution in [0.5, 0.6) is 5.75 Å². The molecule has 0 spiro atoms. The molecule has 4 nitrogen and oxygen atoms in total. The molecule has 0 saturated carbocycles. The predicted molar refractivity (Wildman–Crippen MR) is 79.4 cm³/mol. The van der Waals surface area contributed by atoms with Crippen LogP contribution in [0.2, 0.25) is 0 Å². The zero-order valence-corrected chi connectivity index (χ0v) is 12.3. The highest BCUT2D eigenvalue weighted by atomic mass is 32.1. The molecular formula is C15H17NO3S. The van der Waals surface area contributed by atoms with E-state index in [0.29, 0.717) is 12.1 Å². The van der Waals surface area contributed by atoms with Crippen molar-refractivity contribution in [2.75, 3.05) is 20.8 Å². The normalized spacial score (nSPS) is 11.9. The van der Waals surface area contributed by atoms with Gasteiger partial charge in [0, 0.05) is 24.6 Å². The second kappa shape index (κ2) is 7.07. The third-order valence-electron chi connectivity index (χ3n) is 2.98. The third kappa shape index (κ3) is 3.59. The van der Waals surface area contributed by atoms with E-state index < -0.39 is 0 Å². The maximum absolute atomic E-state index is 11.9. The molecule has 1 N–H and O–H groups in total. The molecule has 0 aliphatic carbocycles. The van der Waals surface area contributed by atoms with Gasteiger partial charge in [0.05, 0.1) is 13.2 Å². The van der Waals surface area contributed by atoms with Crippen LogP contribution in [0.25, 0.3) is 0 Å². The molecule has 20 heavy (non-hydrogen) atoms. The number of carbonyl (C=O) groups is 1. The maximum atomic E-state index is 11.9. The molecule has 1 heterocycles. The number of carbonyl (C=O) groups excluding carboxylic acids is 1. The first-order chi connectivity index (χ1) is 9.74. The largest absolute Gasteiger partial charge is 0.497 e. The van der Waals surface area contributed by atoms with Crippen LogP contribution in [-0.4, -0.2) is 26.7 Å². The minimum atomic E-state index is -0.201. The molecule has 106 valence electrons. The van der Waals surface area contributed by atoms with Gasteiger partial charge >= 0.3 is 0 Å². The molecule has 0 saturated heterocycles. The Bertz CT molecular complexity index is 554. The lowest BCUT2D eigenvalue weighted by Crippen LogP contribution is -2.28. The Morgan fingerprint density at radius 3 is 2.85 bits per heavy atom. The summed E-state index contributed by atoms with van der Waals surface area (Å²) in [4.78, 5) is 11.9. The van der Waals surface area contributed by atoms with E-state index in [1.54, 1.807) is 20.3 Å². The number of nitrogens with one attached hydrogen (secondary N) is 1. The van der Waals surface area contributed by atoms with Crippen LogP contribution in [0.1, 0.15) is 22.0 Å². The van der Waals surface area contributed by atoms with Crippen LogP contribution in [0.4, 0.5) is 0 Å². The molecule has 1 amide bonds. The molecule has 0 unspecified atom stereocenters. The van der Waals surface area contributed by atoms with Crippen molar-refractivity contribution < 1.29 is 14.3 Å². The maximum Gasteiger partial charge on any atom is 0.252 e. The molecule has 1 aromatic heterocycles. The lowest BCUT2D eigenvalue weighted by atomic mass is 10.1. The summed E-state index contributed by atoms with van der Waals surface area (Å²) in [7, 11) is 3.25. The summed E-state index contributed by atoms with van der Waals surface area (Å²) < 4.78 is 10.6. The van der Waals surface area contributed by atoms with Gasteiger partial charge in [0.25, 0.3) is 5.91 Å². The Balaban J connectivity index is 2.00. The minimum absolute atomic E-state index is 0.0869. The minimum Gasteiger partial charge on any atom is -0.497 e. The first-order valence-electron chi connectivity index (χ1n) is 6.21. The van der Waals surface area contributed by atoms with Crippen LogP contribution in [-0.2, 0) is 4.74 Å². The van der Waals surface area contributed by atoms with E-state index in [1.807, 2.05) is 35.0 Å². The Kier molecular flexibility index (Phi) is 5.15. The van der Waals surface area contributed by atoms with Crippen molar-refractivity contribution in [1.82, 2.24) is 5.32 Å². The van der Waals surface area contributed by atoms with Crippen molar-refractivity contribution in [3.05, 3.63) is 52.2 Å². The fourth-order valence-corrected chi connectivity index (χ4v) is 2.50. The van der Waals surface area contributed by atoms with E-state index in [-0.39, 0.29) is 12.0 Å². The average Bonchev–Trinajstić information content (AvgIpc) is 3.02. The fraction of sp³-hybridized carbons (Fsp3) is 0.267. The van der Waals surface area contributed by atoms with E-state index >= 15 is 0 Å². The van der Waals surface area contributed by atoms with Crippen LogP contribution < -0.4 is 10.1 Å². The summed E-state index contributed by atoms with van der Waals surface area (Å²) in [5.74, 6) is 0.685. The highest BCUT2D eigenvalue weighted by Gasteiger charge is 2.13. The zero-order chi connectivity index (χ0) is 14.4. The predicted octanol–water partition coefficient (Wildman–Crippen LogP) is 2.87. The quantitative estimate of drug-likeness (QED) is 0.890. The summed E-state index contributed by atoms with van der Waals surface area (Å²) in [6.07, 6.45) is -0.201. The molecule has 0 radical (unpaired) electrons. The first kappa shape index (κ1) is 14.6. The number of thiophene rings is 1. The van der Waals surface area contributed by atoms with Crippen LogP contribution in [0, 0.1) is 0 Å². The Labute approximate surface area is 122 Å². The molecule has 0 bridgehead atoms. The number of benzene rings is 1. The van der Waals surface area contributed by atoms with Gasteiger partial charge in [-0.15, -0.1) is 0 Å². The highest BCUT2D eigenvalue weighted by molar-refractivity contribution is 7.08. The van der Waals surface area contributed by atoms with Gasteiger partial charge in [0.1, 0.15) is 5.75 Å². The second-order valence-corrected chi connectivity index (χ2v) is 5.00. The molecule has 0 fully saturated rings. The van der Waals surface area contributed by atoms with Crippen LogP contribution >= 0.6 is 11.3 Å². The summed E-state index contributed by atoms with van der Waals surface area (Å²) in [5.41, 5.74) is 1.65. The number of ether oxygens (including phenoxy) is 2. The molecular weight excluding hydrogens is 274 g/mol. The fourth-order valence-electron chi connectivity index (χ4n) is 1.86. The monoisotopic (exact) mass is 291 g/mol.